The van der Waals surface area contributed by atoms with Crippen molar-refractivity contribution < 1.29 is 17.9 Å². The van der Waals surface area contributed by atoms with E-state index in [1.54, 1.807) is 31.4 Å². The van der Waals surface area contributed by atoms with Crippen LogP contribution in [-0.4, -0.2) is 56.8 Å². The van der Waals surface area contributed by atoms with E-state index in [2.05, 4.69) is 13.8 Å². The van der Waals surface area contributed by atoms with Crippen molar-refractivity contribution in [3.05, 3.63) is 24.3 Å². The zero-order chi connectivity index (χ0) is 19.6. The van der Waals surface area contributed by atoms with Gasteiger partial charge < -0.3 is 9.64 Å². The summed E-state index contributed by atoms with van der Waals surface area (Å²) in [6, 6.07) is 6.45. The highest BCUT2D eigenvalue weighted by Crippen LogP contribution is 2.28. The van der Waals surface area contributed by atoms with Crippen LogP contribution >= 0.6 is 0 Å². The van der Waals surface area contributed by atoms with Crippen molar-refractivity contribution in [1.29, 1.82) is 0 Å². The maximum Gasteiger partial charge on any atom is 0.243 e. The van der Waals surface area contributed by atoms with Crippen molar-refractivity contribution in [1.82, 2.24) is 9.21 Å². The zero-order valence-corrected chi connectivity index (χ0v) is 17.2. The van der Waals surface area contributed by atoms with Crippen LogP contribution in [0.4, 0.5) is 0 Å². The van der Waals surface area contributed by atoms with Gasteiger partial charge in [-0.3, -0.25) is 4.79 Å². The van der Waals surface area contributed by atoms with E-state index in [0.717, 1.165) is 13.1 Å². The molecule has 150 valence electrons. The first kappa shape index (κ1) is 20.1. The molecule has 1 aromatic rings. The van der Waals surface area contributed by atoms with E-state index in [1.807, 2.05) is 4.90 Å². The Morgan fingerprint density at radius 2 is 1.59 bits per heavy atom. The lowest BCUT2D eigenvalue weighted by Crippen LogP contribution is -2.48. The second-order valence-electron chi connectivity index (χ2n) is 8.04. The summed E-state index contributed by atoms with van der Waals surface area (Å²) in [4.78, 5) is 15.2. The Kier molecular flexibility index (Phi) is 6.11. The average Bonchev–Trinajstić information content (AvgIpc) is 2.67. The van der Waals surface area contributed by atoms with Crippen LogP contribution in [0.2, 0.25) is 0 Å². The molecule has 2 aliphatic heterocycles. The van der Waals surface area contributed by atoms with Gasteiger partial charge in [-0.2, -0.15) is 4.31 Å². The Hall–Kier alpha value is -1.60. The van der Waals surface area contributed by atoms with Crippen LogP contribution in [0.5, 0.6) is 5.75 Å². The van der Waals surface area contributed by atoms with Gasteiger partial charge >= 0.3 is 0 Å². The third kappa shape index (κ3) is 4.46. The first-order valence-electron chi connectivity index (χ1n) is 9.74. The second-order valence-corrected chi connectivity index (χ2v) is 9.98. The minimum Gasteiger partial charge on any atom is -0.497 e. The number of likely N-dealkylation sites (tertiary alicyclic amines) is 1. The third-order valence-corrected chi connectivity index (χ3v) is 7.59. The number of sulfonamides is 1. The molecule has 2 aliphatic rings. The number of piperidine rings is 2. The molecule has 2 saturated heterocycles. The largest absolute Gasteiger partial charge is 0.497 e. The van der Waals surface area contributed by atoms with Gasteiger partial charge in [0.05, 0.1) is 12.0 Å². The fourth-order valence-corrected chi connectivity index (χ4v) is 5.81. The molecule has 1 amide bonds. The Balaban J connectivity index is 1.61. The van der Waals surface area contributed by atoms with Crippen molar-refractivity contribution in [2.75, 3.05) is 33.3 Å². The van der Waals surface area contributed by atoms with E-state index < -0.39 is 10.0 Å². The van der Waals surface area contributed by atoms with Gasteiger partial charge in [-0.05, 0) is 55.4 Å². The van der Waals surface area contributed by atoms with Crippen LogP contribution in [-0.2, 0) is 14.8 Å². The molecule has 0 bridgehead atoms. The summed E-state index contributed by atoms with van der Waals surface area (Å²) in [6.45, 7) is 6.83. The minimum absolute atomic E-state index is 0.0650. The molecule has 2 fully saturated rings. The number of amides is 1. The molecule has 0 radical (unpaired) electrons. The zero-order valence-electron chi connectivity index (χ0n) is 16.4. The van der Waals surface area contributed by atoms with Gasteiger partial charge in [-0.15, -0.1) is 0 Å². The summed E-state index contributed by atoms with van der Waals surface area (Å²) >= 11 is 0. The van der Waals surface area contributed by atoms with Gasteiger partial charge in [0.2, 0.25) is 15.9 Å². The van der Waals surface area contributed by atoms with Gasteiger partial charge in [-0.25, -0.2) is 8.42 Å². The Labute approximate surface area is 162 Å². The number of carbonyl (C=O) groups is 1. The number of carbonyl (C=O) groups excluding carboxylic acids is 1. The number of methoxy groups -OCH3 is 1. The SMILES string of the molecule is COc1ccc(S(=O)(=O)N2CCC(C(=O)N3C[C@H](C)C[C@H](C)C3)CC2)cc1. The summed E-state index contributed by atoms with van der Waals surface area (Å²) in [5.74, 6) is 1.84. The van der Waals surface area contributed by atoms with Crippen molar-refractivity contribution in [3.8, 4) is 5.75 Å². The normalized spacial score (nSPS) is 25.4. The molecular formula is C20H30N2O4S. The summed E-state index contributed by atoms with van der Waals surface area (Å²) in [6.07, 6.45) is 2.35. The first-order chi connectivity index (χ1) is 12.8. The molecule has 0 aromatic heterocycles. The molecule has 2 heterocycles. The van der Waals surface area contributed by atoms with Gasteiger partial charge in [0.1, 0.15) is 5.75 Å². The second kappa shape index (κ2) is 8.19. The highest BCUT2D eigenvalue weighted by Gasteiger charge is 2.35. The highest BCUT2D eigenvalue weighted by atomic mass is 32.2. The number of hydrogen-bond acceptors (Lipinski definition) is 4. The van der Waals surface area contributed by atoms with Gasteiger partial charge in [0.25, 0.3) is 0 Å². The predicted octanol–water partition coefficient (Wildman–Crippen LogP) is 2.60. The lowest BCUT2D eigenvalue weighted by molar-refractivity contribution is -0.139. The minimum atomic E-state index is -3.53. The number of nitrogens with zero attached hydrogens (tertiary/aromatic N) is 2. The fraction of sp³-hybridized carbons (Fsp3) is 0.650. The van der Waals surface area contributed by atoms with Crippen LogP contribution in [0.15, 0.2) is 29.2 Å². The summed E-state index contributed by atoms with van der Waals surface area (Å²) in [5.41, 5.74) is 0. The van der Waals surface area contributed by atoms with Gasteiger partial charge in [0, 0.05) is 32.1 Å². The van der Waals surface area contributed by atoms with E-state index in [4.69, 9.17) is 4.74 Å². The van der Waals surface area contributed by atoms with E-state index >= 15 is 0 Å². The van der Waals surface area contributed by atoms with E-state index in [0.29, 0.717) is 43.5 Å². The molecule has 0 unspecified atom stereocenters. The van der Waals surface area contributed by atoms with Crippen molar-refractivity contribution >= 4 is 15.9 Å². The van der Waals surface area contributed by atoms with Gasteiger partial charge in [0.15, 0.2) is 0 Å². The molecule has 3 rings (SSSR count). The van der Waals surface area contributed by atoms with Crippen molar-refractivity contribution in [2.24, 2.45) is 17.8 Å². The predicted molar refractivity (Wildman–Crippen MR) is 104 cm³/mol. The van der Waals surface area contributed by atoms with Crippen LogP contribution in [0.25, 0.3) is 0 Å². The quantitative estimate of drug-likeness (QED) is 0.787. The van der Waals surface area contributed by atoms with Crippen LogP contribution < -0.4 is 4.74 Å². The molecule has 0 saturated carbocycles. The van der Waals surface area contributed by atoms with E-state index in [-0.39, 0.29) is 16.7 Å². The maximum atomic E-state index is 12.9. The topological polar surface area (TPSA) is 66.9 Å². The van der Waals surface area contributed by atoms with E-state index in [9.17, 15) is 13.2 Å². The molecular weight excluding hydrogens is 364 g/mol. The molecule has 1 aromatic carbocycles. The number of rotatable bonds is 4. The number of benzene rings is 1. The summed E-state index contributed by atoms with van der Waals surface area (Å²) in [7, 11) is -1.97. The molecule has 0 N–H and O–H groups in total. The average molecular weight is 395 g/mol. The Morgan fingerprint density at radius 3 is 2.11 bits per heavy atom. The van der Waals surface area contributed by atoms with Crippen LogP contribution in [0, 0.1) is 17.8 Å². The number of ether oxygens (including phenoxy) is 1. The van der Waals surface area contributed by atoms with E-state index in [1.165, 1.54) is 10.7 Å². The lowest BCUT2D eigenvalue weighted by Gasteiger charge is -2.39. The smallest absolute Gasteiger partial charge is 0.243 e. The maximum absolute atomic E-state index is 12.9. The van der Waals surface area contributed by atoms with Crippen LogP contribution in [0.1, 0.15) is 33.1 Å². The fourth-order valence-electron chi connectivity index (χ4n) is 4.34. The standard InChI is InChI=1S/C20H30N2O4S/c1-15-12-16(2)14-21(13-15)20(23)17-8-10-22(11-9-17)27(24,25)19-6-4-18(26-3)5-7-19/h4-7,15-17H,8-14H2,1-3H3/t15-,16+. The molecule has 2 atom stereocenters. The Bertz CT molecular complexity index is 745. The summed E-state index contributed by atoms with van der Waals surface area (Å²) in [5, 5.41) is 0. The molecule has 7 heteroatoms. The third-order valence-electron chi connectivity index (χ3n) is 5.68. The monoisotopic (exact) mass is 394 g/mol. The number of hydrogen-bond donors (Lipinski definition) is 0. The first-order valence-corrected chi connectivity index (χ1v) is 11.2. The molecule has 0 spiro atoms. The van der Waals surface area contributed by atoms with Crippen LogP contribution in [0.3, 0.4) is 0 Å². The summed E-state index contributed by atoms with van der Waals surface area (Å²) < 4.78 is 32.3. The highest BCUT2D eigenvalue weighted by molar-refractivity contribution is 7.89. The van der Waals surface area contributed by atoms with Crippen molar-refractivity contribution in [2.45, 2.75) is 38.0 Å². The van der Waals surface area contributed by atoms with Crippen molar-refractivity contribution in [3.63, 3.8) is 0 Å². The molecule has 6 nitrogen and oxygen atoms in total. The van der Waals surface area contributed by atoms with Gasteiger partial charge in [-0.1, -0.05) is 13.8 Å². The lowest BCUT2D eigenvalue weighted by atomic mass is 9.89. The molecule has 27 heavy (non-hydrogen) atoms. The molecule has 0 aliphatic carbocycles. The Morgan fingerprint density at radius 1 is 1.04 bits per heavy atom.